The molecule has 2 unspecified atom stereocenters. The quantitative estimate of drug-likeness (QED) is 0.190. The fourth-order valence-electron chi connectivity index (χ4n) is 7.03. The second-order valence-corrected chi connectivity index (χ2v) is 11.5. The summed E-state index contributed by atoms with van der Waals surface area (Å²) >= 11 is 0. The van der Waals surface area contributed by atoms with E-state index < -0.39 is 0 Å². The number of anilines is 1. The van der Waals surface area contributed by atoms with E-state index in [9.17, 15) is 0 Å². The minimum atomic E-state index is -0.200. The van der Waals surface area contributed by atoms with Crippen LogP contribution < -0.4 is 4.90 Å². The van der Waals surface area contributed by atoms with Crippen LogP contribution in [0.2, 0.25) is 0 Å². The maximum Gasteiger partial charge on any atom is 0.209 e. The minimum absolute atomic E-state index is 0.166. The molecule has 1 aromatic heterocycles. The predicted octanol–water partition coefficient (Wildman–Crippen LogP) is 8.39. The van der Waals surface area contributed by atoms with Gasteiger partial charge in [0.1, 0.15) is 12.8 Å². The Morgan fingerprint density at radius 2 is 1.82 bits per heavy atom. The van der Waals surface area contributed by atoms with Crippen molar-refractivity contribution in [3.8, 4) is 0 Å². The normalized spacial score (nSPS) is 23.3. The fraction of sp³-hybridized carbons (Fsp3) is 0.250. The second-order valence-electron chi connectivity index (χ2n) is 11.5. The van der Waals surface area contributed by atoms with Crippen molar-refractivity contribution >= 4 is 27.9 Å². The summed E-state index contributed by atoms with van der Waals surface area (Å²) in [7, 11) is 4.37. The molecular weight excluding hydrogens is 476 g/mol. The summed E-state index contributed by atoms with van der Waals surface area (Å²) in [6.45, 7) is 11.0. The zero-order valence-corrected chi connectivity index (χ0v) is 23.7. The number of benzene rings is 3. The molecule has 0 saturated carbocycles. The first kappa shape index (κ1) is 25.2. The van der Waals surface area contributed by atoms with E-state index >= 15 is 0 Å². The molecule has 0 amide bonds. The number of aryl methyl sites for hydroxylation is 1. The fourth-order valence-corrected chi connectivity index (χ4v) is 7.03. The van der Waals surface area contributed by atoms with Crippen LogP contribution in [-0.2, 0) is 17.3 Å². The number of fused-ring (bicyclic) bond motifs is 4. The van der Waals surface area contributed by atoms with Crippen LogP contribution in [0.1, 0.15) is 42.7 Å². The van der Waals surface area contributed by atoms with Gasteiger partial charge in [-0.1, -0.05) is 54.1 Å². The van der Waals surface area contributed by atoms with Crippen LogP contribution >= 0.6 is 0 Å². The van der Waals surface area contributed by atoms with Crippen molar-refractivity contribution in [2.45, 2.75) is 44.4 Å². The summed E-state index contributed by atoms with van der Waals surface area (Å²) in [4.78, 5) is 2.36. The largest absolute Gasteiger partial charge is 0.469 e. The minimum Gasteiger partial charge on any atom is -0.469 e. The van der Waals surface area contributed by atoms with E-state index in [-0.39, 0.29) is 10.8 Å². The number of hydrogen-bond acceptors (Lipinski definition) is 2. The lowest BCUT2D eigenvalue weighted by atomic mass is 9.75. The highest BCUT2D eigenvalue weighted by atomic mass is 16.3. The highest BCUT2D eigenvalue weighted by molar-refractivity contribution is 6.04. The lowest BCUT2D eigenvalue weighted by molar-refractivity contribution is -0.401. The summed E-state index contributed by atoms with van der Waals surface area (Å²) in [5, 5.41) is 2.60. The molecule has 0 aliphatic carbocycles. The van der Waals surface area contributed by atoms with Gasteiger partial charge in [0.15, 0.2) is 5.71 Å². The molecule has 0 fully saturated rings. The van der Waals surface area contributed by atoms with Gasteiger partial charge in [-0.15, -0.1) is 6.58 Å². The van der Waals surface area contributed by atoms with Gasteiger partial charge in [-0.25, -0.2) is 0 Å². The summed E-state index contributed by atoms with van der Waals surface area (Å²) in [6.07, 6.45) is 12.4. The Hall–Kier alpha value is -4.11. The average molecular weight is 514 g/mol. The van der Waals surface area contributed by atoms with E-state index in [1.54, 1.807) is 6.26 Å². The van der Waals surface area contributed by atoms with Crippen LogP contribution in [0.5, 0.6) is 0 Å². The van der Waals surface area contributed by atoms with Crippen molar-refractivity contribution < 1.29 is 8.99 Å². The maximum atomic E-state index is 5.83. The molecule has 0 bridgehead atoms. The summed E-state index contributed by atoms with van der Waals surface area (Å²) in [5.41, 5.74) is 8.73. The molecule has 2 aliphatic rings. The Morgan fingerprint density at radius 3 is 2.59 bits per heavy atom. The highest BCUT2D eigenvalue weighted by Crippen LogP contribution is 2.52. The van der Waals surface area contributed by atoms with E-state index in [0.29, 0.717) is 0 Å². The molecule has 3 aromatic carbocycles. The summed E-state index contributed by atoms with van der Waals surface area (Å²) < 4.78 is 8.17. The first-order chi connectivity index (χ1) is 18.8. The van der Waals surface area contributed by atoms with Gasteiger partial charge in [-0.2, -0.15) is 4.58 Å². The third-order valence-corrected chi connectivity index (χ3v) is 8.95. The van der Waals surface area contributed by atoms with Crippen LogP contribution in [0.15, 0.2) is 114 Å². The molecule has 2 atom stereocenters. The van der Waals surface area contributed by atoms with Crippen molar-refractivity contribution in [3.05, 3.63) is 132 Å². The second kappa shape index (κ2) is 9.27. The van der Waals surface area contributed by atoms with Crippen LogP contribution in [0.25, 0.3) is 10.8 Å². The molecule has 3 nitrogen and oxygen atoms in total. The third kappa shape index (κ3) is 3.83. The van der Waals surface area contributed by atoms with Crippen LogP contribution in [0, 0.1) is 6.92 Å². The first-order valence-corrected chi connectivity index (χ1v) is 13.8. The van der Waals surface area contributed by atoms with E-state index in [0.717, 1.165) is 18.6 Å². The number of allylic oxidation sites excluding steroid dienone is 5. The molecule has 39 heavy (non-hydrogen) atoms. The van der Waals surface area contributed by atoms with Gasteiger partial charge in [0.25, 0.3) is 0 Å². The molecule has 4 aromatic rings. The van der Waals surface area contributed by atoms with E-state index in [2.05, 4.69) is 136 Å². The standard InChI is InChI=1S/C36H37N2O/c1-7-21-35(3)32(38(6)31-20-18-26-12-8-9-14-28(26)34(31)35)15-10-16-33-36(4,24-27-13-11-22-39-27)29-23-25(2)17-19-30(29)37(33)5/h7-20,22-23H,1,21,24H2,2-6H3/q+1. The maximum absolute atomic E-state index is 5.83. The number of likely N-dealkylation sites (N-methyl/N-ethyl adjacent to an activating group) is 1. The Balaban J connectivity index is 1.45. The van der Waals surface area contributed by atoms with Crippen LogP contribution in [0.3, 0.4) is 0 Å². The van der Waals surface area contributed by atoms with Gasteiger partial charge in [-0.3, -0.25) is 0 Å². The molecule has 6 rings (SSSR count). The molecule has 2 aliphatic heterocycles. The van der Waals surface area contributed by atoms with Gasteiger partial charge in [0.05, 0.1) is 11.7 Å². The lowest BCUT2D eigenvalue weighted by Gasteiger charge is -2.28. The average Bonchev–Trinajstić information content (AvgIpc) is 3.56. The first-order valence-electron chi connectivity index (χ1n) is 13.8. The van der Waals surface area contributed by atoms with Crippen molar-refractivity contribution in [1.82, 2.24) is 0 Å². The van der Waals surface area contributed by atoms with Gasteiger partial charge < -0.3 is 9.32 Å². The third-order valence-electron chi connectivity index (χ3n) is 8.95. The zero-order chi connectivity index (χ0) is 27.4. The number of rotatable bonds is 6. The molecule has 0 radical (unpaired) electrons. The Kier molecular flexibility index (Phi) is 5.99. The van der Waals surface area contributed by atoms with E-state index in [1.807, 2.05) is 6.07 Å². The monoisotopic (exact) mass is 513 g/mol. The lowest BCUT2D eigenvalue weighted by Crippen LogP contribution is -2.33. The molecular formula is C36H37N2O+. The zero-order valence-electron chi connectivity index (χ0n) is 23.7. The molecule has 196 valence electrons. The van der Waals surface area contributed by atoms with Crippen molar-refractivity contribution in [2.75, 3.05) is 19.0 Å². The molecule has 0 N–H and O–H groups in total. The van der Waals surface area contributed by atoms with Crippen LogP contribution in [0.4, 0.5) is 11.4 Å². The van der Waals surface area contributed by atoms with Gasteiger partial charge in [-0.05, 0) is 73.9 Å². The summed E-state index contributed by atoms with van der Waals surface area (Å²) in [6, 6.07) is 24.1. The van der Waals surface area contributed by atoms with Gasteiger partial charge >= 0.3 is 0 Å². The number of furan rings is 1. The molecule has 0 saturated heterocycles. The molecule has 0 spiro atoms. The molecule has 3 heterocycles. The van der Waals surface area contributed by atoms with Crippen molar-refractivity contribution in [2.24, 2.45) is 0 Å². The van der Waals surface area contributed by atoms with E-state index in [1.165, 1.54) is 50.2 Å². The van der Waals surface area contributed by atoms with Gasteiger partial charge in [0.2, 0.25) is 5.69 Å². The van der Waals surface area contributed by atoms with Crippen molar-refractivity contribution in [1.29, 1.82) is 0 Å². The van der Waals surface area contributed by atoms with E-state index in [4.69, 9.17) is 4.42 Å². The summed E-state index contributed by atoms with van der Waals surface area (Å²) in [5.74, 6) is 1.00. The predicted molar refractivity (Wildman–Crippen MR) is 164 cm³/mol. The number of hydrogen-bond donors (Lipinski definition) is 0. The highest BCUT2D eigenvalue weighted by Gasteiger charge is 2.47. The number of nitrogens with zero attached hydrogens (tertiary/aromatic N) is 2. The Morgan fingerprint density at radius 1 is 1.00 bits per heavy atom. The smallest absolute Gasteiger partial charge is 0.209 e. The van der Waals surface area contributed by atoms with Gasteiger partial charge in [0, 0.05) is 48.0 Å². The Bertz CT molecular complexity index is 1690. The Labute approximate surface area is 232 Å². The molecule has 3 heteroatoms. The van der Waals surface area contributed by atoms with Crippen LogP contribution in [-0.4, -0.2) is 24.4 Å². The van der Waals surface area contributed by atoms with Crippen molar-refractivity contribution in [3.63, 3.8) is 0 Å². The topological polar surface area (TPSA) is 19.4 Å². The SMILES string of the molecule is C=CCC1(C)/C(=C\C=C\C2=[N+](C)c3ccc(C)cc3C2(C)Cc2ccco2)N(C)c2ccc3ccccc3c21.